The quantitative estimate of drug-likeness (QED) is 0.775. The van der Waals surface area contributed by atoms with Gasteiger partial charge in [-0.25, -0.2) is 8.42 Å². The van der Waals surface area contributed by atoms with Crippen molar-refractivity contribution < 1.29 is 13.2 Å². The Labute approximate surface area is 107 Å². The van der Waals surface area contributed by atoms with Crippen LogP contribution in [0.4, 0.5) is 0 Å². The van der Waals surface area contributed by atoms with Crippen LogP contribution in [-0.4, -0.2) is 32.9 Å². The van der Waals surface area contributed by atoms with E-state index in [1.807, 2.05) is 24.3 Å². The zero-order chi connectivity index (χ0) is 12.9. The SMILES string of the molecule is CS(=O)(=O)CCNC(=O)Cc1ccc(S)cc1. The summed E-state index contributed by atoms with van der Waals surface area (Å²) >= 11 is 4.14. The Balaban J connectivity index is 2.37. The molecule has 0 bridgehead atoms. The van der Waals surface area contributed by atoms with Crippen LogP contribution in [0.5, 0.6) is 0 Å². The summed E-state index contributed by atoms with van der Waals surface area (Å²) in [6.45, 7) is 0.155. The topological polar surface area (TPSA) is 63.2 Å². The first-order valence-electron chi connectivity index (χ1n) is 5.09. The lowest BCUT2D eigenvalue weighted by molar-refractivity contribution is -0.120. The van der Waals surface area contributed by atoms with Crippen molar-refractivity contribution in [3.05, 3.63) is 29.8 Å². The number of hydrogen-bond acceptors (Lipinski definition) is 4. The first kappa shape index (κ1) is 14.1. The van der Waals surface area contributed by atoms with Gasteiger partial charge in [-0.05, 0) is 17.7 Å². The van der Waals surface area contributed by atoms with Crippen molar-refractivity contribution in [2.45, 2.75) is 11.3 Å². The highest BCUT2D eigenvalue weighted by Gasteiger charge is 2.05. The van der Waals surface area contributed by atoms with Crippen LogP contribution in [0, 0.1) is 0 Å². The average Bonchev–Trinajstić information content (AvgIpc) is 2.19. The zero-order valence-corrected chi connectivity index (χ0v) is 11.2. The van der Waals surface area contributed by atoms with Crippen LogP contribution in [0.25, 0.3) is 0 Å². The van der Waals surface area contributed by atoms with Crippen LogP contribution in [0.15, 0.2) is 29.2 Å². The van der Waals surface area contributed by atoms with Crippen LogP contribution in [0.3, 0.4) is 0 Å². The van der Waals surface area contributed by atoms with Gasteiger partial charge in [0.05, 0.1) is 12.2 Å². The van der Waals surface area contributed by atoms with E-state index < -0.39 is 9.84 Å². The second-order valence-corrected chi connectivity index (χ2v) is 6.60. The molecule has 17 heavy (non-hydrogen) atoms. The van der Waals surface area contributed by atoms with Gasteiger partial charge in [0.2, 0.25) is 5.91 Å². The molecule has 1 N–H and O–H groups in total. The monoisotopic (exact) mass is 273 g/mol. The molecule has 1 rings (SSSR count). The van der Waals surface area contributed by atoms with Gasteiger partial charge in [0.1, 0.15) is 9.84 Å². The number of rotatable bonds is 5. The number of carbonyl (C=O) groups is 1. The summed E-state index contributed by atoms with van der Waals surface area (Å²) < 4.78 is 21.7. The molecule has 0 aliphatic carbocycles. The van der Waals surface area contributed by atoms with Crippen LogP contribution in [0.1, 0.15) is 5.56 Å². The van der Waals surface area contributed by atoms with Gasteiger partial charge < -0.3 is 5.32 Å². The van der Waals surface area contributed by atoms with E-state index in [0.717, 1.165) is 16.7 Å². The largest absolute Gasteiger partial charge is 0.355 e. The maximum Gasteiger partial charge on any atom is 0.224 e. The summed E-state index contributed by atoms with van der Waals surface area (Å²) in [5, 5.41) is 2.57. The van der Waals surface area contributed by atoms with Crippen LogP contribution in [-0.2, 0) is 21.1 Å². The highest BCUT2D eigenvalue weighted by atomic mass is 32.2. The van der Waals surface area contributed by atoms with Gasteiger partial charge in [-0.3, -0.25) is 4.79 Å². The standard InChI is InChI=1S/C11H15NO3S2/c1-17(14,15)7-6-12-11(13)8-9-2-4-10(16)5-3-9/h2-5,16H,6-8H2,1H3,(H,12,13). The fourth-order valence-corrected chi connectivity index (χ4v) is 1.86. The molecule has 1 aromatic rings. The Morgan fingerprint density at radius 1 is 1.29 bits per heavy atom. The average molecular weight is 273 g/mol. The second kappa shape index (κ2) is 6.07. The third kappa shape index (κ3) is 6.33. The second-order valence-electron chi connectivity index (χ2n) is 3.82. The lowest BCUT2D eigenvalue weighted by Gasteiger charge is -2.04. The summed E-state index contributed by atoms with van der Waals surface area (Å²) in [5.41, 5.74) is 0.875. The van der Waals surface area contributed by atoms with E-state index in [4.69, 9.17) is 0 Å². The van der Waals surface area contributed by atoms with Crippen LogP contribution < -0.4 is 5.32 Å². The Morgan fingerprint density at radius 3 is 2.41 bits per heavy atom. The molecule has 0 unspecified atom stereocenters. The summed E-state index contributed by atoms with van der Waals surface area (Å²) in [7, 11) is -3.02. The third-order valence-electron chi connectivity index (χ3n) is 2.10. The predicted octanol–water partition coefficient (Wildman–Crippen LogP) is 0.679. The van der Waals surface area contributed by atoms with Gasteiger partial charge in [-0.15, -0.1) is 12.6 Å². The molecule has 0 atom stereocenters. The molecule has 0 aliphatic heterocycles. The third-order valence-corrected chi connectivity index (χ3v) is 3.34. The molecule has 0 radical (unpaired) electrons. The molecular weight excluding hydrogens is 258 g/mol. The van der Waals surface area contributed by atoms with Gasteiger partial charge in [0, 0.05) is 17.7 Å². The van der Waals surface area contributed by atoms with Crippen molar-refractivity contribution in [2.24, 2.45) is 0 Å². The number of amides is 1. The molecule has 0 saturated carbocycles. The van der Waals surface area contributed by atoms with E-state index in [-0.39, 0.29) is 24.6 Å². The molecule has 1 aromatic carbocycles. The Kier molecular flexibility index (Phi) is 5.02. The van der Waals surface area contributed by atoms with Crippen molar-refractivity contribution in [1.29, 1.82) is 0 Å². The van der Waals surface area contributed by atoms with E-state index >= 15 is 0 Å². The van der Waals surface area contributed by atoms with Crippen molar-refractivity contribution >= 4 is 28.4 Å². The molecule has 6 heteroatoms. The number of thiol groups is 1. The minimum absolute atomic E-state index is 0.0334. The van der Waals surface area contributed by atoms with E-state index in [9.17, 15) is 13.2 Å². The molecule has 0 heterocycles. The summed E-state index contributed by atoms with van der Waals surface area (Å²) in [6, 6.07) is 7.25. The highest BCUT2D eigenvalue weighted by Crippen LogP contribution is 2.07. The van der Waals surface area contributed by atoms with Crippen molar-refractivity contribution in [3.8, 4) is 0 Å². The Morgan fingerprint density at radius 2 is 1.88 bits per heavy atom. The molecule has 0 aromatic heterocycles. The van der Waals surface area contributed by atoms with Crippen molar-refractivity contribution in [1.82, 2.24) is 5.32 Å². The minimum atomic E-state index is -3.02. The maximum atomic E-state index is 11.5. The molecule has 1 amide bonds. The van der Waals surface area contributed by atoms with Gasteiger partial charge >= 0.3 is 0 Å². The minimum Gasteiger partial charge on any atom is -0.355 e. The molecule has 0 aliphatic rings. The van der Waals surface area contributed by atoms with Crippen molar-refractivity contribution in [2.75, 3.05) is 18.6 Å². The number of benzene rings is 1. The normalized spacial score (nSPS) is 11.2. The van der Waals surface area contributed by atoms with Gasteiger partial charge in [-0.2, -0.15) is 0 Å². The van der Waals surface area contributed by atoms with Gasteiger partial charge in [0.15, 0.2) is 0 Å². The summed E-state index contributed by atoms with van der Waals surface area (Å²) in [6.07, 6.45) is 1.39. The number of hydrogen-bond donors (Lipinski definition) is 2. The van der Waals surface area contributed by atoms with Crippen LogP contribution in [0.2, 0.25) is 0 Å². The van der Waals surface area contributed by atoms with E-state index in [0.29, 0.717) is 0 Å². The molecule has 4 nitrogen and oxygen atoms in total. The number of carbonyl (C=O) groups excluding carboxylic acids is 1. The maximum absolute atomic E-state index is 11.5. The predicted molar refractivity (Wildman–Crippen MR) is 70.1 cm³/mol. The summed E-state index contributed by atoms with van der Waals surface area (Å²) in [5.74, 6) is -0.213. The molecular formula is C11H15NO3S2. The molecule has 0 spiro atoms. The van der Waals surface area contributed by atoms with Crippen LogP contribution >= 0.6 is 12.6 Å². The first-order valence-corrected chi connectivity index (χ1v) is 7.60. The lowest BCUT2D eigenvalue weighted by Crippen LogP contribution is -2.29. The van der Waals surface area contributed by atoms with Gasteiger partial charge in [0.25, 0.3) is 0 Å². The van der Waals surface area contributed by atoms with Gasteiger partial charge in [-0.1, -0.05) is 12.1 Å². The fourth-order valence-electron chi connectivity index (χ4n) is 1.24. The molecule has 0 fully saturated rings. The van der Waals surface area contributed by atoms with E-state index in [1.54, 1.807) is 0 Å². The van der Waals surface area contributed by atoms with Crippen molar-refractivity contribution in [3.63, 3.8) is 0 Å². The smallest absolute Gasteiger partial charge is 0.224 e. The highest BCUT2D eigenvalue weighted by molar-refractivity contribution is 7.90. The number of sulfone groups is 1. The fraction of sp³-hybridized carbons (Fsp3) is 0.364. The number of nitrogens with one attached hydrogen (secondary N) is 1. The molecule has 94 valence electrons. The Bertz CT molecular complexity index is 480. The zero-order valence-electron chi connectivity index (χ0n) is 9.51. The van der Waals surface area contributed by atoms with E-state index in [1.165, 1.54) is 0 Å². The first-order chi connectivity index (χ1) is 7.87. The lowest BCUT2D eigenvalue weighted by atomic mass is 10.1. The van der Waals surface area contributed by atoms with E-state index in [2.05, 4.69) is 17.9 Å². The molecule has 0 saturated heterocycles. The summed E-state index contributed by atoms with van der Waals surface area (Å²) in [4.78, 5) is 12.3. The Hall–Kier alpha value is -1.01.